The van der Waals surface area contributed by atoms with Crippen LogP contribution < -0.4 is 11.3 Å². The minimum absolute atomic E-state index is 0.150. The smallest absolute Gasteiger partial charge is 0.230 e. The maximum absolute atomic E-state index is 9.56. The van der Waals surface area contributed by atoms with Crippen molar-refractivity contribution in [1.82, 2.24) is 4.98 Å². The highest BCUT2D eigenvalue weighted by atomic mass is 32.1. The number of thiocarbonyl (C=S) groups is 1. The minimum atomic E-state index is -0.150. The van der Waals surface area contributed by atoms with Gasteiger partial charge in [-0.15, -0.1) is 0 Å². The van der Waals surface area contributed by atoms with Crippen molar-refractivity contribution in [3.05, 3.63) is 64.5 Å². The van der Waals surface area contributed by atoms with E-state index in [9.17, 15) is 5.11 Å². The standard InChI is InChI=1S/C20H21N3O2S/c1-11(2)13-4-6-15(7-5-13)23-20-17(19(21)26)8-16-14(10-24)9-22-12(3)18(16)25-20/h4-9,11,24H,10H2,1-3H3,(H2,21,26). The maximum Gasteiger partial charge on any atom is 0.230 e. The molecule has 0 radical (unpaired) electrons. The fraction of sp³-hybridized carbons (Fsp3) is 0.250. The normalized spacial score (nSPS) is 12.1. The van der Waals surface area contributed by atoms with Crippen LogP contribution in [0.2, 0.25) is 0 Å². The Bertz CT molecular complexity index is 1040. The van der Waals surface area contributed by atoms with Crippen LogP contribution in [0.5, 0.6) is 0 Å². The molecule has 6 heteroatoms. The van der Waals surface area contributed by atoms with Crippen molar-refractivity contribution in [2.45, 2.75) is 33.3 Å². The van der Waals surface area contributed by atoms with Crippen molar-refractivity contribution in [1.29, 1.82) is 0 Å². The zero-order valence-electron chi connectivity index (χ0n) is 15.0. The van der Waals surface area contributed by atoms with E-state index in [-0.39, 0.29) is 11.6 Å². The molecule has 26 heavy (non-hydrogen) atoms. The SMILES string of the molecule is Cc1ncc(CO)c2cc(C(N)=S)c(=Nc3ccc(C(C)C)cc3)oc12. The number of aliphatic hydroxyl groups excluding tert-OH is 1. The molecule has 2 aromatic heterocycles. The largest absolute Gasteiger partial charge is 0.436 e. The van der Waals surface area contributed by atoms with Crippen LogP contribution in [0.4, 0.5) is 5.69 Å². The fourth-order valence-electron chi connectivity index (χ4n) is 2.73. The maximum atomic E-state index is 9.56. The lowest BCUT2D eigenvalue weighted by Gasteiger charge is -2.08. The average molecular weight is 367 g/mol. The van der Waals surface area contributed by atoms with E-state index in [2.05, 4.69) is 23.8 Å². The van der Waals surface area contributed by atoms with Gasteiger partial charge in [-0.3, -0.25) is 4.98 Å². The third kappa shape index (κ3) is 3.52. The van der Waals surface area contributed by atoms with E-state index >= 15 is 0 Å². The van der Waals surface area contributed by atoms with Gasteiger partial charge in [0, 0.05) is 17.1 Å². The Labute approximate surface area is 157 Å². The van der Waals surface area contributed by atoms with Gasteiger partial charge >= 0.3 is 0 Å². The van der Waals surface area contributed by atoms with Gasteiger partial charge in [-0.25, -0.2) is 4.99 Å². The van der Waals surface area contributed by atoms with E-state index in [1.54, 1.807) is 6.20 Å². The summed E-state index contributed by atoms with van der Waals surface area (Å²) in [6.45, 7) is 5.98. The number of hydrogen-bond donors (Lipinski definition) is 2. The van der Waals surface area contributed by atoms with Crippen LogP contribution >= 0.6 is 12.2 Å². The van der Waals surface area contributed by atoms with E-state index in [4.69, 9.17) is 22.4 Å². The van der Waals surface area contributed by atoms with Gasteiger partial charge in [0.25, 0.3) is 0 Å². The van der Waals surface area contributed by atoms with E-state index in [1.807, 2.05) is 37.3 Å². The van der Waals surface area contributed by atoms with E-state index in [0.717, 1.165) is 11.1 Å². The molecular weight excluding hydrogens is 346 g/mol. The first-order valence-corrected chi connectivity index (χ1v) is 8.79. The molecule has 0 spiro atoms. The number of fused-ring (bicyclic) bond motifs is 1. The number of hydrogen-bond acceptors (Lipinski definition) is 5. The summed E-state index contributed by atoms with van der Waals surface area (Å²) in [5, 5.41) is 10.3. The summed E-state index contributed by atoms with van der Waals surface area (Å²) in [4.78, 5) is 9.04. The van der Waals surface area contributed by atoms with Crippen molar-refractivity contribution in [3.8, 4) is 0 Å². The third-order valence-corrected chi connectivity index (χ3v) is 4.50. The first-order chi connectivity index (χ1) is 12.4. The molecule has 1 aromatic carbocycles. The molecule has 0 saturated carbocycles. The summed E-state index contributed by atoms with van der Waals surface area (Å²) < 4.78 is 6.00. The molecule has 2 heterocycles. The predicted octanol–water partition coefficient (Wildman–Crippen LogP) is 3.62. The molecule has 0 aliphatic rings. The van der Waals surface area contributed by atoms with Gasteiger partial charge in [-0.1, -0.05) is 38.2 Å². The summed E-state index contributed by atoms with van der Waals surface area (Å²) >= 11 is 5.18. The van der Waals surface area contributed by atoms with Crippen LogP contribution in [0.25, 0.3) is 11.0 Å². The van der Waals surface area contributed by atoms with E-state index in [1.165, 1.54) is 5.56 Å². The lowest BCUT2D eigenvalue weighted by Crippen LogP contribution is -2.21. The fourth-order valence-corrected chi connectivity index (χ4v) is 2.87. The first-order valence-electron chi connectivity index (χ1n) is 8.38. The molecule has 0 aliphatic carbocycles. The Hall–Kier alpha value is -2.57. The van der Waals surface area contributed by atoms with Crippen molar-refractivity contribution in [2.75, 3.05) is 0 Å². The number of aliphatic hydroxyl groups is 1. The second-order valence-corrected chi connectivity index (χ2v) is 6.90. The quantitative estimate of drug-likeness (QED) is 0.688. The summed E-state index contributed by atoms with van der Waals surface area (Å²) in [5.41, 5.74) is 10.7. The molecule has 0 saturated heterocycles. The van der Waals surface area contributed by atoms with Crippen molar-refractivity contribution in [2.24, 2.45) is 10.7 Å². The van der Waals surface area contributed by atoms with Crippen LogP contribution in [-0.2, 0) is 6.61 Å². The molecule has 3 aromatic rings. The Morgan fingerprint density at radius 1 is 1.31 bits per heavy atom. The van der Waals surface area contributed by atoms with Gasteiger partial charge in [-0.05, 0) is 36.6 Å². The molecule has 3 N–H and O–H groups in total. The lowest BCUT2D eigenvalue weighted by atomic mass is 10.0. The van der Waals surface area contributed by atoms with Gasteiger partial charge < -0.3 is 15.3 Å². The molecule has 3 rings (SSSR count). The van der Waals surface area contributed by atoms with Crippen molar-refractivity contribution in [3.63, 3.8) is 0 Å². The molecule has 0 aliphatic heterocycles. The summed E-state index contributed by atoms with van der Waals surface area (Å²) in [7, 11) is 0. The molecular formula is C20H21N3O2S. The molecule has 134 valence electrons. The minimum Gasteiger partial charge on any atom is -0.436 e. The first kappa shape index (κ1) is 18.2. The molecule has 0 unspecified atom stereocenters. The third-order valence-electron chi connectivity index (χ3n) is 4.28. The predicted molar refractivity (Wildman–Crippen MR) is 106 cm³/mol. The van der Waals surface area contributed by atoms with Crippen LogP contribution in [0, 0.1) is 6.92 Å². The zero-order chi connectivity index (χ0) is 18.8. The number of nitrogens with zero attached hydrogens (tertiary/aromatic N) is 2. The number of aryl methyl sites for hydroxylation is 1. The second kappa shape index (κ2) is 7.35. The van der Waals surface area contributed by atoms with Gasteiger partial charge in [0.1, 0.15) is 4.99 Å². The Kier molecular flexibility index (Phi) is 5.15. The highest BCUT2D eigenvalue weighted by molar-refractivity contribution is 7.80. The van der Waals surface area contributed by atoms with Gasteiger partial charge in [0.2, 0.25) is 5.55 Å². The van der Waals surface area contributed by atoms with Crippen LogP contribution in [-0.4, -0.2) is 15.1 Å². The van der Waals surface area contributed by atoms with Crippen LogP contribution in [0.3, 0.4) is 0 Å². The van der Waals surface area contributed by atoms with Crippen LogP contribution in [0.1, 0.15) is 42.1 Å². The molecule has 5 nitrogen and oxygen atoms in total. The summed E-state index contributed by atoms with van der Waals surface area (Å²) in [5.74, 6) is 0.451. The van der Waals surface area contributed by atoms with Crippen molar-refractivity contribution >= 4 is 33.9 Å². The van der Waals surface area contributed by atoms with Gasteiger partial charge in [0.15, 0.2) is 5.58 Å². The zero-order valence-corrected chi connectivity index (χ0v) is 15.8. The highest BCUT2D eigenvalue weighted by Gasteiger charge is 2.12. The number of pyridine rings is 1. The van der Waals surface area contributed by atoms with Crippen LogP contribution in [0.15, 0.2) is 45.9 Å². The molecule has 0 atom stereocenters. The Morgan fingerprint density at radius 2 is 2.00 bits per heavy atom. The molecule has 0 bridgehead atoms. The number of rotatable bonds is 4. The second-order valence-electron chi connectivity index (χ2n) is 6.46. The highest BCUT2D eigenvalue weighted by Crippen LogP contribution is 2.22. The number of nitrogens with two attached hydrogens (primary N) is 1. The summed E-state index contributed by atoms with van der Waals surface area (Å²) in [6, 6.07) is 9.77. The lowest BCUT2D eigenvalue weighted by molar-refractivity contribution is 0.282. The average Bonchev–Trinajstić information content (AvgIpc) is 2.62. The van der Waals surface area contributed by atoms with Crippen molar-refractivity contribution < 1.29 is 9.52 Å². The summed E-state index contributed by atoms with van der Waals surface area (Å²) in [6.07, 6.45) is 1.62. The van der Waals surface area contributed by atoms with Gasteiger partial charge in [0.05, 0.1) is 23.6 Å². The topological polar surface area (TPSA) is 84.6 Å². The Balaban J connectivity index is 2.25. The van der Waals surface area contributed by atoms with Gasteiger partial charge in [-0.2, -0.15) is 0 Å². The van der Waals surface area contributed by atoms with E-state index in [0.29, 0.717) is 33.9 Å². The number of aromatic nitrogens is 1. The number of benzene rings is 1. The monoisotopic (exact) mass is 367 g/mol. The molecule has 0 amide bonds. The Morgan fingerprint density at radius 3 is 2.58 bits per heavy atom. The van der Waals surface area contributed by atoms with E-state index < -0.39 is 0 Å². The molecule has 0 fully saturated rings.